The number of nitrogens with one attached hydrogen (secondary N) is 1. The first-order chi connectivity index (χ1) is 13.2. The molecule has 0 unspecified atom stereocenters. The summed E-state index contributed by atoms with van der Waals surface area (Å²) in [5.41, 5.74) is 1.12. The van der Waals surface area contributed by atoms with Crippen molar-refractivity contribution >= 4 is 15.9 Å². The fourth-order valence-corrected chi connectivity index (χ4v) is 5.67. The maximum Gasteiger partial charge on any atom is 0.243 e. The normalized spacial score (nSPS) is 20.8. The van der Waals surface area contributed by atoms with Gasteiger partial charge in [0, 0.05) is 25.0 Å². The molecule has 0 spiro atoms. The van der Waals surface area contributed by atoms with Crippen LogP contribution in [0.2, 0.25) is 0 Å². The Labute approximate surface area is 169 Å². The Hall–Kier alpha value is -1.40. The van der Waals surface area contributed by atoms with E-state index >= 15 is 0 Å². The van der Waals surface area contributed by atoms with Crippen LogP contribution in [0.15, 0.2) is 29.2 Å². The Morgan fingerprint density at radius 2 is 1.54 bits per heavy atom. The molecule has 1 aromatic carbocycles. The summed E-state index contributed by atoms with van der Waals surface area (Å²) in [7, 11) is -3.48. The predicted octanol–water partition coefficient (Wildman–Crippen LogP) is 3.83. The number of carbonyl (C=O) groups is 1. The molecule has 1 N–H and O–H groups in total. The van der Waals surface area contributed by atoms with E-state index in [4.69, 9.17) is 0 Å². The molecule has 3 rings (SSSR count). The first-order valence-electron chi connectivity index (χ1n) is 10.6. The molecule has 6 heteroatoms. The molecule has 2 aliphatic rings. The topological polar surface area (TPSA) is 66.5 Å². The molecular formula is C22H34N2O3S. The van der Waals surface area contributed by atoms with E-state index in [0.29, 0.717) is 30.8 Å². The zero-order valence-corrected chi connectivity index (χ0v) is 18.2. The number of rotatable bonds is 4. The van der Waals surface area contributed by atoms with Gasteiger partial charge in [0.2, 0.25) is 15.9 Å². The number of amides is 1. The van der Waals surface area contributed by atoms with Crippen LogP contribution in [0.3, 0.4) is 0 Å². The Morgan fingerprint density at radius 3 is 2.07 bits per heavy atom. The summed E-state index contributed by atoms with van der Waals surface area (Å²) in [6.07, 6.45) is 6.85. The van der Waals surface area contributed by atoms with Crippen molar-refractivity contribution in [1.29, 1.82) is 0 Å². The molecule has 1 aliphatic carbocycles. The lowest BCUT2D eigenvalue weighted by Gasteiger charge is -2.33. The van der Waals surface area contributed by atoms with Crippen molar-refractivity contribution in [3.8, 4) is 0 Å². The summed E-state index contributed by atoms with van der Waals surface area (Å²) in [5, 5.41) is 3.16. The summed E-state index contributed by atoms with van der Waals surface area (Å²) in [5.74, 6) is 0.315. The van der Waals surface area contributed by atoms with Gasteiger partial charge in [-0.25, -0.2) is 8.42 Å². The quantitative estimate of drug-likeness (QED) is 0.826. The van der Waals surface area contributed by atoms with Crippen molar-refractivity contribution in [2.45, 2.75) is 82.1 Å². The van der Waals surface area contributed by atoms with Crippen LogP contribution in [0.4, 0.5) is 0 Å². The molecule has 1 saturated heterocycles. The zero-order chi connectivity index (χ0) is 20.4. The molecule has 1 amide bonds. The minimum Gasteiger partial charge on any atom is -0.353 e. The number of piperidine rings is 1. The summed E-state index contributed by atoms with van der Waals surface area (Å²) >= 11 is 0. The summed E-state index contributed by atoms with van der Waals surface area (Å²) in [6.45, 7) is 7.26. The lowest BCUT2D eigenvalue weighted by Crippen LogP contribution is -2.48. The second-order valence-electron chi connectivity index (χ2n) is 9.30. The van der Waals surface area contributed by atoms with E-state index in [0.717, 1.165) is 31.2 Å². The lowest BCUT2D eigenvalue weighted by molar-refractivity contribution is -0.126. The first-order valence-corrected chi connectivity index (χ1v) is 12.0. The van der Waals surface area contributed by atoms with E-state index in [9.17, 15) is 13.2 Å². The predicted molar refractivity (Wildman–Crippen MR) is 112 cm³/mol. The number of nitrogens with zero attached hydrogens (tertiary/aromatic N) is 1. The van der Waals surface area contributed by atoms with Crippen LogP contribution >= 0.6 is 0 Å². The molecule has 1 aliphatic heterocycles. The average Bonchev–Trinajstić information content (AvgIpc) is 2.68. The van der Waals surface area contributed by atoms with Crippen LogP contribution in [0, 0.1) is 5.92 Å². The van der Waals surface area contributed by atoms with Crippen LogP contribution in [0.1, 0.15) is 71.3 Å². The molecular weight excluding hydrogens is 372 g/mol. The lowest BCUT2D eigenvalue weighted by atomic mass is 9.87. The highest BCUT2D eigenvalue weighted by molar-refractivity contribution is 7.89. The second kappa shape index (κ2) is 8.54. The van der Waals surface area contributed by atoms with Gasteiger partial charge in [0.15, 0.2) is 0 Å². The van der Waals surface area contributed by atoms with Crippen LogP contribution < -0.4 is 5.32 Å². The van der Waals surface area contributed by atoms with Crippen molar-refractivity contribution in [3.05, 3.63) is 29.8 Å². The number of benzene rings is 1. The third kappa shape index (κ3) is 4.95. The SMILES string of the molecule is CC(C)(C)c1ccc(S(=O)(=O)N2CCC(NC(=O)C3CCCCC3)CC2)cc1. The summed E-state index contributed by atoms with van der Waals surface area (Å²) in [6, 6.07) is 7.33. The highest BCUT2D eigenvalue weighted by atomic mass is 32.2. The molecule has 28 heavy (non-hydrogen) atoms. The molecule has 0 radical (unpaired) electrons. The largest absolute Gasteiger partial charge is 0.353 e. The van der Waals surface area contributed by atoms with Gasteiger partial charge in [0.25, 0.3) is 0 Å². The standard InChI is InChI=1S/C22H34N2O3S/c1-22(2,3)18-9-11-20(12-10-18)28(26,27)24-15-13-19(14-16-24)23-21(25)17-7-5-4-6-8-17/h9-12,17,19H,4-8,13-16H2,1-3H3,(H,23,25). The Bertz CT molecular complexity index is 767. The Morgan fingerprint density at radius 1 is 0.964 bits per heavy atom. The fraction of sp³-hybridized carbons (Fsp3) is 0.682. The van der Waals surface area contributed by atoms with Gasteiger partial charge in [0.1, 0.15) is 0 Å². The molecule has 156 valence electrons. The molecule has 1 saturated carbocycles. The molecule has 1 aromatic rings. The minimum atomic E-state index is -3.48. The molecule has 5 nitrogen and oxygen atoms in total. The van der Waals surface area contributed by atoms with Crippen LogP contribution in [0.5, 0.6) is 0 Å². The van der Waals surface area contributed by atoms with E-state index in [-0.39, 0.29) is 23.3 Å². The number of hydrogen-bond acceptors (Lipinski definition) is 3. The number of sulfonamides is 1. The molecule has 0 bridgehead atoms. The van der Waals surface area contributed by atoms with Gasteiger partial charge in [-0.3, -0.25) is 4.79 Å². The molecule has 0 atom stereocenters. The monoisotopic (exact) mass is 406 g/mol. The van der Waals surface area contributed by atoms with Crippen molar-refractivity contribution < 1.29 is 13.2 Å². The third-order valence-electron chi connectivity index (χ3n) is 6.13. The maximum absolute atomic E-state index is 13.0. The van der Waals surface area contributed by atoms with E-state index in [1.54, 1.807) is 16.4 Å². The highest BCUT2D eigenvalue weighted by Crippen LogP contribution is 2.27. The van der Waals surface area contributed by atoms with Crippen LogP contribution in [0.25, 0.3) is 0 Å². The van der Waals surface area contributed by atoms with E-state index < -0.39 is 10.0 Å². The van der Waals surface area contributed by atoms with Crippen LogP contribution in [-0.2, 0) is 20.2 Å². The van der Waals surface area contributed by atoms with Gasteiger partial charge in [-0.05, 0) is 48.8 Å². The van der Waals surface area contributed by atoms with Crippen LogP contribution in [-0.4, -0.2) is 37.8 Å². The molecule has 1 heterocycles. The smallest absolute Gasteiger partial charge is 0.243 e. The highest BCUT2D eigenvalue weighted by Gasteiger charge is 2.31. The van der Waals surface area contributed by atoms with Gasteiger partial charge in [0.05, 0.1) is 4.90 Å². The second-order valence-corrected chi connectivity index (χ2v) is 11.2. The van der Waals surface area contributed by atoms with Crippen molar-refractivity contribution in [2.24, 2.45) is 5.92 Å². The molecule has 0 aromatic heterocycles. The van der Waals surface area contributed by atoms with Gasteiger partial charge < -0.3 is 5.32 Å². The zero-order valence-electron chi connectivity index (χ0n) is 17.4. The van der Waals surface area contributed by atoms with E-state index in [1.165, 1.54) is 6.42 Å². The summed E-state index contributed by atoms with van der Waals surface area (Å²) in [4.78, 5) is 12.8. The van der Waals surface area contributed by atoms with Gasteiger partial charge in [-0.15, -0.1) is 0 Å². The van der Waals surface area contributed by atoms with Gasteiger partial charge >= 0.3 is 0 Å². The van der Waals surface area contributed by atoms with Crippen molar-refractivity contribution in [2.75, 3.05) is 13.1 Å². The maximum atomic E-state index is 13.0. The average molecular weight is 407 g/mol. The Kier molecular flexibility index (Phi) is 6.50. The van der Waals surface area contributed by atoms with Gasteiger partial charge in [-0.2, -0.15) is 4.31 Å². The molecule has 2 fully saturated rings. The third-order valence-corrected chi connectivity index (χ3v) is 8.05. The van der Waals surface area contributed by atoms with E-state index in [2.05, 4.69) is 26.1 Å². The minimum absolute atomic E-state index is 0.00280. The fourth-order valence-electron chi connectivity index (χ4n) is 4.20. The Balaban J connectivity index is 1.56. The number of carbonyl (C=O) groups excluding carboxylic acids is 1. The number of hydrogen-bond donors (Lipinski definition) is 1. The summed E-state index contributed by atoms with van der Waals surface area (Å²) < 4.78 is 27.5. The van der Waals surface area contributed by atoms with Gasteiger partial charge in [-0.1, -0.05) is 52.2 Å². The van der Waals surface area contributed by atoms with E-state index in [1.807, 2.05) is 12.1 Å². The first kappa shape index (κ1) is 21.3. The van der Waals surface area contributed by atoms with Crippen molar-refractivity contribution in [3.63, 3.8) is 0 Å². The van der Waals surface area contributed by atoms with Crippen molar-refractivity contribution in [1.82, 2.24) is 9.62 Å².